The third-order valence-corrected chi connectivity index (χ3v) is 3.24. The van der Waals surface area contributed by atoms with Crippen molar-refractivity contribution in [2.45, 2.75) is 6.92 Å². The van der Waals surface area contributed by atoms with Gasteiger partial charge in [-0.05, 0) is 36.7 Å². The van der Waals surface area contributed by atoms with E-state index in [1.165, 1.54) is 13.1 Å². The summed E-state index contributed by atoms with van der Waals surface area (Å²) in [4.78, 5) is 19.5. The number of aromatic nitrogens is 2. The molecule has 0 saturated heterocycles. The third-order valence-electron chi connectivity index (χ3n) is 3.06. The molecule has 0 unspecified atom stereocenters. The smallest absolute Gasteiger partial charge is 0.224 e. The van der Waals surface area contributed by atoms with Gasteiger partial charge in [0.25, 0.3) is 0 Å². The number of rotatable bonds is 3. The summed E-state index contributed by atoms with van der Waals surface area (Å²) in [6.45, 7) is 2.87. The lowest BCUT2D eigenvalue weighted by Gasteiger charge is -2.20. The molecule has 1 aliphatic rings. The summed E-state index contributed by atoms with van der Waals surface area (Å²) >= 11 is 5.80. The van der Waals surface area contributed by atoms with Crippen molar-refractivity contribution in [3.63, 3.8) is 0 Å². The molecule has 2 N–H and O–H groups in total. The predicted molar refractivity (Wildman–Crippen MR) is 80.8 cm³/mol. The van der Waals surface area contributed by atoms with Crippen LogP contribution in [0.1, 0.15) is 17.3 Å². The van der Waals surface area contributed by atoms with Gasteiger partial charge >= 0.3 is 0 Å². The molecule has 0 amide bonds. The Kier molecular flexibility index (Phi) is 3.62. The van der Waals surface area contributed by atoms with Crippen LogP contribution in [0.25, 0.3) is 0 Å². The highest BCUT2D eigenvalue weighted by Crippen LogP contribution is 2.31. The van der Waals surface area contributed by atoms with Crippen LogP contribution in [0.3, 0.4) is 0 Å². The van der Waals surface area contributed by atoms with Crippen molar-refractivity contribution in [1.29, 1.82) is 0 Å². The van der Waals surface area contributed by atoms with E-state index in [1.54, 1.807) is 0 Å². The second-order valence-corrected chi connectivity index (χ2v) is 4.91. The van der Waals surface area contributed by atoms with E-state index in [0.717, 1.165) is 23.7 Å². The van der Waals surface area contributed by atoms with Crippen LogP contribution in [0.15, 0.2) is 24.4 Å². The standard InChI is InChI=1S/C14H13ClN4O2/c1-8(20)10-7-17-14(15)19-13(10)18-9-2-3-12-11(6-9)16-4-5-21-12/h2-3,6-7,16H,4-5H2,1H3,(H,17,18,19). The first-order valence-electron chi connectivity index (χ1n) is 6.45. The van der Waals surface area contributed by atoms with E-state index in [9.17, 15) is 4.79 Å². The molecule has 6 nitrogen and oxygen atoms in total. The molecule has 1 aromatic carbocycles. The largest absolute Gasteiger partial charge is 0.490 e. The van der Waals surface area contributed by atoms with Crippen LogP contribution in [-0.4, -0.2) is 28.9 Å². The number of fused-ring (bicyclic) bond motifs is 1. The van der Waals surface area contributed by atoms with Gasteiger partial charge < -0.3 is 15.4 Å². The Bertz CT molecular complexity index is 705. The normalized spacial score (nSPS) is 12.9. The molecule has 1 aromatic heterocycles. The van der Waals surface area contributed by atoms with Crippen molar-refractivity contribution in [2.24, 2.45) is 0 Å². The fourth-order valence-corrected chi connectivity index (χ4v) is 2.20. The molecule has 3 rings (SSSR count). The number of nitrogens with zero attached hydrogens (tertiary/aromatic N) is 2. The number of ether oxygens (including phenoxy) is 1. The highest BCUT2D eigenvalue weighted by atomic mass is 35.5. The summed E-state index contributed by atoms with van der Waals surface area (Å²) in [5, 5.41) is 6.42. The van der Waals surface area contributed by atoms with Crippen LogP contribution >= 0.6 is 11.6 Å². The molecule has 0 spiro atoms. The lowest BCUT2D eigenvalue weighted by Crippen LogP contribution is -2.18. The molecule has 0 aliphatic carbocycles. The van der Waals surface area contributed by atoms with Crippen molar-refractivity contribution in [3.8, 4) is 5.75 Å². The van der Waals surface area contributed by atoms with Gasteiger partial charge in [-0.2, -0.15) is 4.98 Å². The highest BCUT2D eigenvalue weighted by Gasteiger charge is 2.13. The molecule has 0 fully saturated rings. The monoisotopic (exact) mass is 304 g/mol. The Morgan fingerprint density at radius 3 is 3.14 bits per heavy atom. The lowest BCUT2D eigenvalue weighted by atomic mass is 10.2. The van der Waals surface area contributed by atoms with Crippen LogP contribution in [0.5, 0.6) is 5.75 Å². The Morgan fingerprint density at radius 1 is 1.48 bits per heavy atom. The lowest BCUT2D eigenvalue weighted by molar-refractivity contribution is 0.101. The zero-order chi connectivity index (χ0) is 14.8. The van der Waals surface area contributed by atoms with Crippen LogP contribution in [0, 0.1) is 0 Å². The molecular formula is C14H13ClN4O2. The van der Waals surface area contributed by atoms with Gasteiger partial charge in [-0.1, -0.05) is 0 Å². The number of nitrogens with one attached hydrogen (secondary N) is 2. The SMILES string of the molecule is CC(=O)c1cnc(Cl)nc1Nc1ccc2c(c1)NCCO2. The number of anilines is 3. The van der Waals surface area contributed by atoms with Crippen LogP contribution in [0.2, 0.25) is 5.28 Å². The Labute approximate surface area is 126 Å². The van der Waals surface area contributed by atoms with Crippen LogP contribution in [0.4, 0.5) is 17.2 Å². The predicted octanol–water partition coefficient (Wildman–Crippen LogP) is 2.88. The summed E-state index contributed by atoms with van der Waals surface area (Å²) in [6.07, 6.45) is 1.42. The Hall–Kier alpha value is -2.34. The summed E-state index contributed by atoms with van der Waals surface area (Å²) in [5.41, 5.74) is 2.07. The number of carbonyl (C=O) groups excluding carboxylic acids is 1. The molecule has 1 aliphatic heterocycles. The summed E-state index contributed by atoms with van der Waals surface area (Å²) in [5.74, 6) is 1.06. The average Bonchev–Trinajstić information content (AvgIpc) is 2.47. The number of ketones is 1. The van der Waals surface area contributed by atoms with Crippen molar-refractivity contribution >= 4 is 34.6 Å². The minimum absolute atomic E-state index is 0.0851. The fraction of sp³-hybridized carbons (Fsp3) is 0.214. The number of carbonyl (C=O) groups is 1. The molecule has 21 heavy (non-hydrogen) atoms. The van der Waals surface area contributed by atoms with Gasteiger partial charge in [-0.25, -0.2) is 4.98 Å². The number of hydrogen-bond donors (Lipinski definition) is 2. The van der Waals surface area contributed by atoms with Gasteiger partial charge in [0, 0.05) is 18.4 Å². The first-order chi connectivity index (χ1) is 10.1. The first kappa shape index (κ1) is 13.6. The van der Waals surface area contributed by atoms with E-state index in [0.29, 0.717) is 18.0 Å². The summed E-state index contributed by atoms with van der Waals surface area (Å²) < 4.78 is 5.52. The van der Waals surface area contributed by atoms with Gasteiger partial charge in [0.05, 0.1) is 11.3 Å². The van der Waals surface area contributed by atoms with E-state index < -0.39 is 0 Å². The molecule has 0 bridgehead atoms. The summed E-state index contributed by atoms with van der Waals surface area (Å²) in [7, 11) is 0. The van der Waals surface area contributed by atoms with Gasteiger partial charge in [-0.15, -0.1) is 0 Å². The molecule has 2 heterocycles. The topological polar surface area (TPSA) is 76.1 Å². The van der Waals surface area contributed by atoms with Crippen LogP contribution < -0.4 is 15.4 Å². The van der Waals surface area contributed by atoms with Crippen molar-refractivity contribution in [3.05, 3.63) is 35.2 Å². The third kappa shape index (κ3) is 2.90. The van der Waals surface area contributed by atoms with E-state index in [1.807, 2.05) is 18.2 Å². The molecule has 0 atom stereocenters. The second-order valence-electron chi connectivity index (χ2n) is 4.57. The Morgan fingerprint density at radius 2 is 2.33 bits per heavy atom. The van der Waals surface area contributed by atoms with Gasteiger partial charge in [-0.3, -0.25) is 4.79 Å². The van der Waals surface area contributed by atoms with E-state index in [-0.39, 0.29) is 11.1 Å². The van der Waals surface area contributed by atoms with Gasteiger partial charge in [0.1, 0.15) is 18.2 Å². The average molecular weight is 305 g/mol. The maximum atomic E-state index is 11.6. The zero-order valence-corrected chi connectivity index (χ0v) is 12.1. The van der Waals surface area contributed by atoms with Gasteiger partial charge in [0.2, 0.25) is 5.28 Å². The quantitative estimate of drug-likeness (QED) is 0.671. The number of halogens is 1. The molecule has 108 valence electrons. The number of Topliss-reactive ketones (excluding diaryl/α,β-unsaturated/α-hetero) is 1. The van der Waals surface area contributed by atoms with Crippen molar-refractivity contribution < 1.29 is 9.53 Å². The van der Waals surface area contributed by atoms with Crippen molar-refractivity contribution in [1.82, 2.24) is 9.97 Å². The molecular weight excluding hydrogens is 292 g/mol. The maximum absolute atomic E-state index is 11.6. The zero-order valence-electron chi connectivity index (χ0n) is 11.3. The molecule has 7 heteroatoms. The first-order valence-corrected chi connectivity index (χ1v) is 6.82. The van der Waals surface area contributed by atoms with E-state index in [4.69, 9.17) is 16.3 Å². The second kappa shape index (κ2) is 5.57. The van der Waals surface area contributed by atoms with Crippen molar-refractivity contribution in [2.75, 3.05) is 23.8 Å². The van der Waals surface area contributed by atoms with E-state index >= 15 is 0 Å². The van der Waals surface area contributed by atoms with Gasteiger partial charge in [0.15, 0.2) is 5.78 Å². The Balaban J connectivity index is 1.93. The van der Waals surface area contributed by atoms with E-state index in [2.05, 4.69) is 20.6 Å². The molecule has 0 radical (unpaired) electrons. The minimum Gasteiger partial charge on any atom is -0.490 e. The highest BCUT2D eigenvalue weighted by molar-refractivity contribution is 6.28. The number of benzene rings is 1. The fourth-order valence-electron chi connectivity index (χ4n) is 2.07. The maximum Gasteiger partial charge on any atom is 0.224 e. The minimum atomic E-state index is -0.131. The number of hydrogen-bond acceptors (Lipinski definition) is 6. The molecule has 2 aromatic rings. The summed E-state index contributed by atoms with van der Waals surface area (Å²) in [6, 6.07) is 5.61. The van der Waals surface area contributed by atoms with Crippen LogP contribution in [-0.2, 0) is 0 Å². The molecule has 0 saturated carbocycles.